The molecule has 0 spiro atoms. The average molecular weight is 440 g/mol. The second kappa shape index (κ2) is 9.27. The van der Waals surface area contributed by atoms with Gasteiger partial charge < -0.3 is 10.2 Å². The van der Waals surface area contributed by atoms with Gasteiger partial charge in [-0.1, -0.05) is 17.7 Å². The Labute approximate surface area is 179 Å². The number of aryl methyl sites for hydroxylation is 1. The van der Waals surface area contributed by atoms with E-state index in [1.165, 1.54) is 16.2 Å². The summed E-state index contributed by atoms with van der Waals surface area (Å²) in [7, 11) is 0. The first kappa shape index (κ1) is 21.1. The van der Waals surface area contributed by atoms with Crippen LogP contribution in [0.15, 0.2) is 35.7 Å². The van der Waals surface area contributed by atoms with Crippen molar-refractivity contribution >= 4 is 52.0 Å². The summed E-state index contributed by atoms with van der Waals surface area (Å²) in [5.41, 5.74) is 1.46. The predicted molar refractivity (Wildman–Crippen MR) is 115 cm³/mol. The van der Waals surface area contributed by atoms with Gasteiger partial charge in [0.2, 0.25) is 5.91 Å². The molecule has 0 bridgehead atoms. The predicted octanol–water partition coefficient (Wildman–Crippen LogP) is 3.84. The van der Waals surface area contributed by atoms with Gasteiger partial charge in [-0.05, 0) is 49.1 Å². The number of alkyl halides is 1. The lowest BCUT2D eigenvalue weighted by Crippen LogP contribution is -2.55. The third kappa shape index (κ3) is 4.51. The minimum absolute atomic E-state index is 0.0939. The Bertz CT molecular complexity index is 844. The van der Waals surface area contributed by atoms with E-state index in [0.29, 0.717) is 23.8 Å². The molecule has 1 saturated heterocycles. The molecule has 5 nitrogen and oxygen atoms in total. The van der Waals surface area contributed by atoms with E-state index >= 15 is 0 Å². The third-order valence-electron chi connectivity index (χ3n) is 4.79. The summed E-state index contributed by atoms with van der Waals surface area (Å²) in [5.74, 6) is -0.625. The summed E-state index contributed by atoms with van der Waals surface area (Å²) in [6.07, 6.45) is 0. The quantitative estimate of drug-likeness (QED) is 0.719. The number of piperazine rings is 1. The van der Waals surface area contributed by atoms with E-state index in [2.05, 4.69) is 5.32 Å². The Kier molecular flexibility index (Phi) is 6.99. The molecule has 2 unspecified atom stereocenters. The van der Waals surface area contributed by atoms with Gasteiger partial charge >= 0.3 is 0 Å². The Hall–Kier alpha value is -1.60. The van der Waals surface area contributed by atoms with Crippen molar-refractivity contribution in [2.75, 3.05) is 30.4 Å². The number of nitrogens with zero attached hydrogens (tertiary/aromatic N) is 2. The van der Waals surface area contributed by atoms with Gasteiger partial charge in [-0.25, -0.2) is 0 Å². The van der Waals surface area contributed by atoms with Crippen molar-refractivity contribution in [2.24, 2.45) is 0 Å². The number of thiophene rings is 1. The minimum Gasteiger partial charge on any atom is -0.338 e. The van der Waals surface area contributed by atoms with Crippen LogP contribution in [-0.2, 0) is 9.59 Å². The highest BCUT2D eigenvalue weighted by atomic mass is 35.5. The summed E-state index contributed by atoms with van der Waals surface area (Å²) in [6, 6.07) is 8.51. The first-order valence-corrected chi connectivity index (χ1v) is 10.9. The number of hydrogen-bond acceptors (Lipinski definition) is 4. The Morgan fingerprint density at radius 2 is 2.18 bits per heavy atom. The van der Waals surface area contributed by atoms with Crippen molar-refractivity contribution in [3.05, 3.63) is 51.2 Å². The molecule has 2 aromatic rings. The maximum atomic E-state index is 13.6. The number of hydrogen-bond donors (Lipinski definition) is 1. The fourth-order valence-corrected chi connectivity index (χ4v) is 4.64. The van der Waals surface area contributed by atoms with Crippen molar-refractivity contribution in [3.63, 3.8) is 0 Å². The van der Waals surface area contributed by atoms with Gasteiger partial charge in [-0.15, -0.1) is 22.9 Å². The molecule has 1 aliphatic rings. The summed E-state index contributed by atoms with van der Waals surface area (Å²) in [5, 5.41) is 5.83. The lowest BCUT2D eigenvalue weighted by molar-refractivity contribution is -0.135. The van der Waals surface area contributed by atoms with E-state index in [1.807, 2.05) is 36.3 Å². The number of carbonyl (C=O) groups is 2. The van der Waals surface area contributed by atoms with E-state index in [9.17, 15) is 9.59 Å². The zero-order valence-corrected chi connectivity index (χ0v) is 18.2. The monoisotopic (exact) mass is 439 g/mol. The largest absolute Gasteiger partial charge is 0.338 e. The number of anilines is 1. The van der Waals surface area contributed by atoms with Crippen LogP contribution in [0.1, 0.15) is 23.4 Å². The second-order valence-corrected chi connectivity index (χ2v) is 8.57. The normalized spacial score (nSPS) is 18.0. The molecule has 1 fully saturated rings. The molecular weight excluding hydrogens is 417 g/mol. The minimum atomic E-state index is -0.753. The third-order valence-corrected chi connectivity index (χ3v) is 6.18. The zero-order chi connectivity index (χ0) is 20.3. The zero-order valence-electron chi connectivity index (χ0n) is 15.8. The van der Waals surface area contributed by atoms with Crippen molar-refractivity contribution in [2.45, 2.75) is 25.9 Å². The summed E-state index contributed by atoms with van der Waals surface area (Å²) >= 11 is 13.5. The molecule has 150 valence electrons. The molecule has 28 heavy (non-hydrogen) atoms. The smallest absolute Gasteiger partial charge is 0.251 e. The molecule has 2 atom stereocenters. The number of carbonyl (C=O) groups excluding carboxylic acids is 2. The number of benzene rings is 1. The summed E-state index contributed by atoms with van der Waals surface area (Å²) < 4.78 is 0. The van der Waals surface area contributed by atoms with Gasteiger partial charge in [0.15, 0.2) is 0 Å². The standard InChI is InChI=1S/C20H23Cl2N3O2S/c1-13-10-15(22)5-6-16(13)25(18(26)11-21)19(17-4-3-9-28-17)20(27)24-8-7-23-14(2)12-24/h3-6,9-10,14,19,23H,7-8,11-12H2,1-2H3. The number of halogens is 2. The van der Waals surface area contributed by atoms with Gasteiger partial charge in [0.25, 0.3) is 5.91 Å². The van der Waals surface area contributed by atoms with E-state index in [4.69, 9.17) is 23.2 Å². The maximum Gasteiger partial charge on any atom is 0.251 e. The van der Waals surface area contributed by atoms with E-state index < -0.39 is 6.04 Å². The molecule has 1 aromatic carbocycles. The van der Waals surface area contributed by atoms with Gasteiger partial charge in [-0.2, -0.15) is 0 Å². The summed E-state index contributed by atoms with van der Waals surface area (Å²) in [4.78, 5) is 30.7. The molecule has 1 N–H and O–H groups in total. The second-order valence-electron chi connectivity index (χ2n) is 6.89. The van der Waals surface area contributed by atoms with Crippen molar-refractivity contribution in [1.29, 1.82) is 0 Å². The highest BCUT2D eigenvalue weighted by molar-refractivity contribution is 7.10. The fourth-order valence-electron chi connectivity index (χ4n) is 3.48. The first-order valence-electron chi connectivity index (χ1n) is 9.12. The van der Waals surface area contributed by atoms with Gasteiger partial charge in [0.05, 0.1) is 0 Å². The number of nitrogens with one attached hydrogen (secondary N) is 1. The maximum absolute atomic E-state index is 13.6. The molecule has 0 aliphatic carbocycles. The molecule has 1 aliphatic heterocycles. The Morgan fingerprint density at radius 3 is 2.79 bits per heavy atom. The SMILES string of the molecule is Cc1cc(Cl)ccc1N(C(=O)CCl)C(C(=O)N1CCNC(C)C1)c1cccs1. The van der Waals surface area contributed by atoms with E-state index in [0.717, 1.165) is 17.0 Å². The molecule has 8 heteroatoms. The van der Waals surface area contributed by atoms with E-state index in [-0.39, 0.29) is 23.7 Å². The number of amides is 2. The van der Waals surface area contributed by atoms with Crippen molar-refractivity contribution < 1.29 is 9.59 Å². The molecule has 2 heterocycles. The van der Waals surface area contributed by atoms with Crippen LogP contribution >= 0.6 is 34.5 Å². The highest BCUT2D eigenvalue weighted by Crippen LogP contribution is 2.35. The van der Waals surface area contributed by atoms with Crippen LogP contribution in [-0.4, -0.2) is 48.3 Å². The van der Waals surface area contributed by atoms with Crippen LogP contribution in [0.25, 0.3) is 0 Å². The van der Waals surface area contributed by atoms with Gasteiger partial charge in [-0.3, -0.25) is 14.5 Å². The summed E-state index contributed by atoms with van der Waals surface area (Å²) in [6.45, 7) is 5.85. The van der Waals surface area contributed by atoms with Crippen LogP contribution in [0.4, 0.5) is 5.69 Å². The molecule has 0 radical (unpaired) electrons. The lowest BCUT2D eigenvalue weighted by Gasteiger charge is -2.38. The van der Waals surface area contributed by atoms with Crippen LogP contribution in [0.3, 0.4) is 0 Å². The highest BCUT2D eigenvalue weighted by Gasteiger charge is 2.37. The van der Waals surface area contributed by atoms with Crippen LogP contribution in [0.2, 0.25) is 5.02 Å². The van der Waals surface area contributed by atoms with Crippen LogP contribution in [0, 0.1) is 6.92 Å². The topological polar surface area (TPSA) is 52.7 Å². The lowest BCUT2D eigenvalue weighted by atomic mass is 10.1. The molecule has 2 amide bonds. The van der Waals surface area contributed by atoms with Gasteiger partial charge in [0.1, 0.15) is 11.9 Å². The number of rotatable bonds is 5. The Balaban J connectivity index is 2.07. The molecule has 0 saturated carbocycles. The first-order chi connectivity index (χ1) is 13.4. The van der Waals surface area contributed by atoms with Crippen molar-refractivity contribution in [3.8, 4) is 0 Å². The van der Waals surface area contributed by atoms with Crippen LogP contribution < -0.4 is 10.2 Å². The average Bonchev–Trinajstić information content (AvgIpc) is 3.20. The molecule has 1 aromatic heterocycles. The van der Waals surface area contributed by atoms with E-state index in [1.54, 1.807) is 18.2 Å². The van der Waals surface area contributed by atoms with Gasteiger partial charge in [0, 0.05) is 41.3 Å². The molecule has 3 rings (SSSR count). The van der Waals surface area contributed by atoms with Crippen molar-refractivity contribution in [1.82, 2.24) is 10.2 Å². The Morgan fingerprint density at radius 1 is 1.39 bits per heavy atom. The molecular formula is C20H23Cl2N3O2S. The fraction of sp³-hybridized carbons (Fsp3) is 0.400. The van der Waals surface area contributed by atoms with Crippen LogP contribution in [0.5, 0.6) is 0 Å².